The van der Waals surface area contributed by atoms with Gasteiger partial charge in [0.05, 0.1) is 24.1 Å². The first-order chi connectivity index (χ1) is 9.86. The number of aromatic nitrogens is 1. The molecule has 3 N–H and O–H groups in total. The Morgan fingerprint density at radius 1 is 1.67 bits per heavy atom. The molecule has 1 aliphatic rings. The summed E-state index contributed by atoms with van der Waals surface area (Å²) in [5.74, 6) is -0.418. The molecule has 1 aromatic heterocycles. The number of hydrogen-bond acceptors (Lipinski definition) is 6. The Bertz CT molecular complexity index is 518. The van der Waals surface area contributed by atoms with E-state index >= 15 is 0 Å². The normalized spacial score (nSPS) is 32.7. The van der Waals surface area contributed by atoms with Gasteiger partial charge in [-0.3, -0.25) is 9.78 Å². The molecule has 4 atom stereocenters. The molecule has 0 amide bonds. The summed E-state index contributed by atoms with van der Waals surface area (Å²) in [6, 6.07) is 1.79. The zero-order valence-electron chi connectivity index (χ0n) is 12.6. The predicted octanol–water partition coefficient (Wildman–Crippen LogP) is 1.59. The van der Waals surface area contributed by atoms with Crippen LogP contribution in [0.1, 0.15) is 45.3 Å². The molecule has 116 valence electrons. The van der Waals surface area contributed by atoms with E-state index in [0.717, 1.165) is 5.56 Å². The number of pyridine rings is 1. The van der Waals surface area contributed by atoms with Gasteiger partial charge in [-0.15, -0.1) is 0 Å². The van der Waals surface area contributed by atoms with Crippen molar-refractivity contribution in [1.82, 2.24) is 4.98 Å². The molecular formula is C15H22N2O4. The van der Waals surface area contributed by atoms with Gasteiger partial charge in [-0.2, -0.15) is 0 Å². The van der Waals surface area contributed by atoms with E-state index in [1.807, 2.05) is 6.92 Å². The lowest BCUT2D eigenvalue weighted by Crippen LogP contribution is -2.56. The Morgan fingerprint density at radius 3 is 2.95 bits per heavy atom. The first kappa shape index (κ1) is 15.7. The van der Waals surface area contributed by atoms with E-state index in [9.17, 15) is 9.90 Å². The van der Waals surface area contributed by atoms with E-state index in [2.05, 4.69) is 4.98 Å². The van der Waals surface area contributed by atoms with E-state index in [-0.39, 0.29) is 6.10 Å². The van der Waals surface area contributed by atoms with Crippen molar-refractivity contribution in [3.8, 4) is 0 Å². The van der Waals surface area contributed by atoms with Gasteiger partial charge in [-0.25, -0.2) is 0 Å². The first-order valence-electron chi connectivity index (χ1n) is 7.10. The number of nitrogens with zero attached hydrogens (tertiary/aromatic N) is 1. The summed E-state index contributed by atoms with van der Waals surface area (Å²) < 4.78 is 11.3. The minimum Gasteiger partial charge on any atom is -0.459 e. The molecule has 6 heteroatoms. The van der Waals surface area contributed by atoms with Gasteiger partial charge in [0.2, 0.25) is 0 Å². The predicted molar refractivity (Wildman–Crippen MR) is 77.3 cm³/mol. The molecule has 21 heavy (non-hydrogen) atoms. The second-order valence-electron chi connectivity index (χ2n) is 5.59. The van der Waals surface area contributed by atoms with Crippen LogP contribution in [0.15, 0.2) is 18.5 Å². The number of carbonyl (C=O) groups excluding carboxylic acids is 1. The number of ether oxygens (including phenoxy) is 2. The Hall–Kier alpha value is -1.66. The average Bonchev–Trinajstić information content (AvgIpc) is 2.41. The van der Waals surface area contributed by atoms with Gasteiger partial charge >= 0.3 is 5.97 Å². The van der Waals surface area contributed by atoms with Crippen molar-refractivity contribution in [3.63, 3.8) is 0 Å². The van der Waals surface area contributed by atoms with Gasteiger partial charge in [-0.1, -0.05) is 6.92 Å². The summed E-state index contributed by atoms with van der Waals surface area (Å²) in [6.07, 6.45) is 2.77. The zero-order chi connectivity index (χ0) is 15.6. The van der Waals surface area contributed by atoms with Crippen molar-refractivity contribution in [2.75, 3.05) is 5.73 Å². The fraction of sp³-hybridized carbons (Fsp3) is 0.600. The van der Waals surface area contributed by atoms with Crippen LogP contribution in [0.25, 0.3) is 0 Å². The number of nitrogen functional groups attached to an aromatic ring is 1. The van der Waals surface area contributed by atoms with Gasteiger partial charge in [0.15, 0.2) is 0 Å². The van der Waals surface area contributed by atoms with Crippen LogP contribution in [0, 0.1) is 0 Å². The van der Waals surface area contributed by atoms with Crippen molar-refractivity contribution in [1.29, 1.82) is 0 Å². The molecule has 1 fully saturated rings. The van der Waals surface area contributed by atoms with Crippen LogP contribution in [-0.2, 0) is 14.3 Å². The molecule has 0 radical (unpaired) electrons. The molecule has 2 heterocycles. The Labute approximate surface area is 124 Å². The number of rotatable bonds is 3. The molecular weight excluding hydrogens is 272 g/mol. The Morgan fingerprint density at radius 2 is 2.38 bits per heavy atom. The van der Waals surface area contributed by atoms with Crippen LogP contribution in [0.5, 0.6) is 0 Å². The molecule has 0 aromatic carbocycles. The highest BCUT2D eigenvalue weighted by molar-refractivity contribution is 5.66. The average molecular weight is 294 g/mol. The number of carbonyl (C=O) groups is 1. The lowest BCUT2D eigenvalue weighted by Gasteiger charge is -2.45. The highest BCUT2D eigenvalue weighted by Crippen LogP contribution is 2.41. The maximum atomic E-state index is 11.3. The van der Waals surface area contributed by atoms with Crippen molar-refractivity contribution < 1.29 is 19.4 Å². The van der Waals surface area contributed by atoms with Gasteiger partial charge in [0.1, 0.15) is 11.7 Å². The Balaban J connectivity index is 2.30. The fourth-order valence-electron chi connectivity index (χ4n) is 2.82. The molecule has 2 rings (SSSR count). The molecule has 0 aliphatic carbocycles. The topological polar surface area (TPSA) is 94.7 Å². The molecule has 1 saturated heterocycles. The third kappa shape index (κ3) is 3.16. The number of nitrogens with two attached hydrogens (primary N) is 1. The summed E-state index contributed by atoms with van der Waals surface area (Å²) in [5.41, 5.74) is 6.05. The van der Waals surface area contributed by atoms with Gasteiger partial charge in [0, 0.05) is 25.1 Å². The summed E-state index contributed by atoms with van der Waals surface area (Å²) >= 11 is 0. The van der Waals surface area contributed by atoms with Crippen molar-refractivity contribution in [3.05, 3.63) is 24.0 Å². The maximum Gasteiger partial charge on any atom is 0.303 e. The van der Waals surface area contributed by atoms with Crippen molar-refractivity contribution in [2.45, 2.75) is 57.5 Å². The lowest BCUT2D eigenvalue weighted by atomic mass is 9.82. The highest BCUT2D eigenvalue weighted by atomic mass is 16.6. The van der Waals surface area contributed by atoms with E-state index < -0.39 is 23.8 Å². The van der Waals surface area contributed by atoms with Crippen LogP contribution < -0.4 is 5.73 Å². The number of hydrogen-bond donors (Lipinski definition) is 2. The molecule has 0 saturated carbocycles. The summed E-state index contributed by atoms with van der Waals surface area (Å²) in [7, 11) is 0. The second-order valence-corrected chi connectivity index (χ2v) is 5.59. The van der Waals surface area contributed by atoms with E-state index in [1.165, 1.54) is 6.92 Å². The van der Waals surface area contributed by atoms with Crippen LogP contribution in [-0.4, -0.2) is 33.9 Å². The van der Waals surface area contributed by atoms with Crippen molar-refractivity contribution in [2.24, 2.45) is 0 Å². The summed E-state index contributed by atoms with van der Waals surface area (Å²) in [5, 5.41) is 10.6. The largest absolute Gasteiger partial charge is 0.459 e. The third-order valence-corrected chi connectivity index (χ3v) is 3.97. The number of esters is 1. The van der Waals surface area contributed by atoms with Crippen LogP contribution >= 0.6 is 0 Å². The number of anilines is 1. The van der Waals surface area contributed by atoms with Crippen LogP contribution in [0.3, 0.4) is 0 Å². The quantitative estimate of drug-likeness (QED) is 0.822. The van der Waals surface area contributed by atoms with Crippen molar-refractivity contribution >= 4 is 11.7 Å². The molecule has 0 bridgehead atoms. The summed E-state index contributed by atoms with van der Waals surface area (Å²) in [6.45, 7) is 4.89. The standard InChI is InChI=1S/C15H22N2O4/c1-4-13-15(3,19)14(20-9(2)18)7-12(21-13)10-5-6-17-8-11(10)16/h5-6,8,12-14,19H,4,7,16H2,1-3H3/t12?,13-,14-,15-/m0/s1. The van der Waals surface area contributed by atoms with Crippen LogP contribution in [0.2, 0.25) is 0 Å². The molecule has 1 unspecified atom stereocenters. The number of aliphatic hydroxyl groups is 1. The Kier molecular flexibility index (Phi) is 4.49. The van der Waals surface area contributed by atoms with Gasteiger partial charge < -0.3 is 20.3 Å². The lowest BCUT2D eigenvalue weighted by molar-refractivity contribution is -0.232. The molecule has 6 nitrogen and oxygen atoms in total. The van der Waals surface area contributed by atoms with E-state index in [0.29, 0.717) is 18.5 Å². The molecule has 0 spiro atoms. The second kappa shape index (κ2) is 5.99. The smallest absolute Gasteiger partial charge is 0.303 e. The maximum absolute atomic E-state index is 11.3. The first-order valence-corrected chi connectivity index (χ1v) is 7.10. The van der Waals surface area contributed by atoms with Gasteiger partial charge in [-0.05, 0) is 19.4 Å². The zero-order valence-corrected chi connectivity index (χ0v) is 12.6. The monoisotopic (exact) mass is 294 g/mol. The SMILES string of the molecule is CC[C@@H]1OC(c2ccncc2N)C[C@H](OC(C)=O)[C@@]1(C)O. The molecule has 1 aliphatic heterocycles. The van der Waals surface area contributed by atoms with E-state index in [1.54, 1.807) is 25.4 Å². The minimum absolute atomic E-state index is 0.331. The molecule has 1 aromatic rings. The fourth-order valence-corrected chi connectivity index (χ4v) is 2.82. The summed E-state index contributed by atoms with van der Waals surface area (Å²) in [4.78, 5) is 15.3. The minimum atomic E-state index is -1.22. The highest BCUT2D eigenvalue weighted by Gasteiger charge is 2.48. The van der Waals surface area contributed by atoms with Crippen LogP contribution in [0.4, 0.5) is 5.69 Å². The van der Waals surface area contributed by atoms with E-state index in [4.69, 9.17) is 15.2 Å². The van der Waals surface area contributed by atoms with Gasteiger partial charge in [0.25, 0.3) is 0 Å². The third-order valence-electron chi connectivity index (χ3n) is 3.97.